The molecule has 0 saturated heterocycles. The SMILES string of the molecule is CCOC(=O)C(F)(F)[C@H](N)c1ccc(O)c(C(=O)O)c1.Cl. The Balaban J connectivity index is 0.00000400. The first kappa shape index (κ1) is 19.1. The normalized spacial score (nSPS) is 12.2. The van der Waals surface area contributed by atoms with E-state index in [-0.39, 0.29) is 24.6 Å². The number of ether oxygens (including phenoxy) is 1. The Kier molecular flexibility index (Phi) is 6.52. The predicted octanol–water partition coefficient (Wildman–Crippen LogP) is 1.71. The number of hydrogen-bond donors (Lipinski definition) is 3. The number of halogens is 3. The Morgan fingerprint density at radius 3 is 2.48 bits per heavy atom. The standard InChI is InChI=1S/C12H13F2NO5.ClH/c1-2-20-11(19)12(13,14)9(15)6-3-4-8(16)7(5-6)10(17)18;/h3-5,9,16H,2,15H2,1H3,(H,17,18);1H/t9-;/m1./s1. The Hall–Kier alpha value is -1.93. The van der Waals surface area contributed by atoms with Crippen LogP contribution in [0, 0.1) is 0 Å². The number of nitrogens with two attached hydrogens (primary N) is 1. The summed E-state index contributed by atoms with van der Waals surface area (Å²) in [7, 11) is 0. The van der Waals surface area contributed by atoms with Gasteiger partial charge in [0.1, 0.15) is 17.4 Å². The lowest BCUT2D eigenvalue weighted by atomic mass is 9.99. The molecule has 0 aromatic heterocycles. The Labute approximate surface area is 124 Å². The van der Waals surface area contributed by atoms with Gasteiger partial charge in [0.05, 0.1) is 6.61 Å². The minimum Gasteiger partial charge on any atom is -0.507 e. The molecule has 0 amide bonds. The van der Waals surface area contributed by atoms with E-state index in [4.69, 9.17) is 10.8 Å². The number of aromatic hydroxyl groups is 1. The molecule has 4 N–H and O–H groups in total. The first-order valence-electron chi connectivity index (χ1n) is 5.58. The highest BCUT2D eigenvalue weighted by molar-refractivity contribution is 5.91. The highest BCUT2D eigenvalue weighted by Gasteiger charge is 2.47. The topological polar surface area (TPSA) is 110 Å². The molecular weight excluding hydrogens is 312 g/mol. The molecule has 1 aromatic rings. The quantitative estimate of drug-likeness (QED) is 0.711. The summed E-state index contributed by atoms with van der Waals surface area (Å²) in [5.74, 6) is -7.90. The second kappa shape index (κ2) is 7.19. The summed E-state index contributed by atoms with van der Waals surface area (Å²) in [5.41, 5.74) is 4.40. The van der Waals surface area contributed by atoms with E-state index >= 15 is 0 Å². The molecular formula is C12H14ClF2NO5. The Bertz CT molecular complexity index is 538. The van der Waals surface area contributed by atoms with Gasteiger partial charge in [0, 0.05) is 0 Å². The average Bonchev–Trinajstić information content (AvgIpc) is 2.38. The zero-order valence-electron chi connectivity index (χ0n) is 10.9. The number of aromatic carboxylic acids is 1. The summed E-state index contributed by atoms with van der Waals surface area (Å²) in [6, 6.07) is 0.634. The van der Waals surface area contributed by atoms with Crippen molar-refractivity contribution in [2.24, 2.45) is 5.73 Å². The molecule has 1 atom stereocenters. The van der Waals surface area contributed by atoms with Crippen LogP contribution in [-0.2, 0) is 9.53 Å². The number of carboxylic acid groups (broad SMARTS) is 1. The highest BCUT2D eigenvalue weighted by atomic mass is 35.5. The minimum absolute atomic E-state index is 0. The van der Waals surface area contributed by atoms with Crippen molar-refractivity contribution < 1.29 is 33.3 Å². The fraction of sp³-hybridized carbons (Fsp3) is 0.333. The molecule has 1 aromatic carbocycles. The van der Waals surface area contributed by atoms with Crippen LogP contribution in [0.1, 0.15) is 28.9 Å². The van der Waals surface area contributed by atoms with Gasteiger partial charge in [-0.05, 0) is 24.6 Å². The van der Waals surface area contributed by atoms with Gasteiger partial charge in [-0.1, -0.05) is 6.07 Å². The molecule has 21 heavy (non-hydrogen) atoms. The van der Waals surface area contributed by atoms with Crippen LogP contribution >= 0.6 is 12.4 Å². The van der Waals surface area contributed by atoms with E-state index < -0.39 is 35.2 Å². The average molecular weight is 326 g/mol. The summed E-state index contributed by atoms with van der Waals surface area (Å²) in [4.78, 5) is 22.0. The third-order valence-corrected chi connectivity index (χ3v) is 2.55. The minimum atomic E-state index is -4.01. The lowest BCUT2D eigenvalue weighted by Crippen LogP contribution is -2.41. The van der Waals surface area contributed by atoms with Crippen molar-refractivity contribution in [3.63, 3.8) is 0 Å². The van der Waals surface area contributed by atoms with Gasteiger partial charge >= 0.3 is 17.9 Å². The summed E-state index contributed by atoms with van der Waals surface area (Å²) in [6.07, 6.45) is 0. The molecule has 0 unspecified atom stereocenters. The molecule has 0 aliphatic carbocycles. The first-order valence-corrected chi connectivity index (χ1v) is 5.58. The summed E-state index contributed by atoms with van der Waals surface area (Å²) >= 11 is 0. The van der Waals surface area contributed by atoms with E-state index in [1.807, 2.05) is 0 Å². The third-order valence-electron chi connectivity index (χ3n) is 2.55. The van der Waals surface area contributed by atoms with Gasteiger partial charge in [0.15, 0.2) is 0 Å². The van der Waals surface area contributed by atoms with Crippen LogP contribution in [0.2, 0.25) is 0 Å². The van der Waals surface area contributed by atoms with Crippen LogP contribution in [0.4, 0.5) is 8.78 Å². The van der Waals surface area contributed by atoms with Gasteiger partial charge in [0.2, 0.25) is 0 Å². The van der Waals surface area contributed by atoms with Crippen molar-refractivity contribution in [1.29, 1.82) is 0 Å². The summed E-state index contributed by atoms with van der Waals surface area (Å²) < 4.78 is 31.6. The van der Waals surface area contributed by atoms with Crippen molar-refractivity contribution in [3.05, 3.63) is 29.3 Å². The van der Waals surface area contributed by atoms with Crippen LogP contribution < -0.4 is 5.73 Å². The van der Waals surface area contributed by atoms with Gasteiger partial charge in [-0.15, -0.1) is 12.4 Å². The van der Waals surface area contributed by atoms with E-state index in [0.29, 0.717) is 0 Å². The molecule has 0 spiro atoms. The van der Waals surface area contributed by atoms with E-state index in [2.05, 4.69) is 4.74 Å². The highest BCUT2D eigenvalue weighted by Crippen LogP contribution is 2.32. The van der Waals surface area contributed by atoms with Crippen LogP contribution in [0.25, 0.3) is 0 Å². The van der Waals surface area contributed by atoms with Crippen molar-refractivity contribution in [2.45, 2.75) is 18.9 Å². The van der Waals surface area contributed by atoms with E-state index in [9.17, 15) is 23.5 Å². The number of benzene rings is 1. The molecule has 0 saturated carbocycles. The van der Waals surface area contributed by atoms with Gasteiger partial charge in [-0.25, -0.2) is 9.59 Å². The largest absolute Gasteiger partial charge is 0.507 e. The lowest BCUT2D eigenvalue weighted by molar-refractivity contribution is -0.174. The maximum absolute atomic E-state index is 13.7. The number of hydrogen-bond acceptors (Lipinski definition) is 5. The Morgan fingerprint density at radius 2 is 2.00 bits per heavy atom. The maximum Gasteiger partial charge on any atom is 0.379 e. The number of rotatable bonds is 5. The molecule has 6 nitrogen and oxygen atoms in total. The van der Waals surface area contributed by atoms with Crippen LogP contribution in [-0.4, -0.2) is 34.7 Å². The van der Waals surface area contributed by atoms with E-state index in [0.717, 1.165) is 18.2 Å². The van der Waals surface area contributed by atoms with Gasteiger partial charge in [-0.3, -0.25) is 0 Å². The molecule has 0 bridgehead atoms. The number of carbonyl (C=O) groups is 2. The number of phenols is 1. The fourth-order valence-electron chi connectivity index (χ4n) is 1.48. The molecule has 1 rings (SSSR count). The molecule has 0 heterocycles. The zero-order chi connectivity index (χ0) is 15.5. The van der Waals surface area contributed by atoms with Gasteiger partial charge in [0.25, 0.3) is 0 Å². The predicted molar refractivity (Wildman–Crippen MR) is 70.8 cm³/mol. The molecule has 118 valence electrons. The smallest absolute Gasteiger partial charge is 0.379 e. The number of carbonyl (C=O) groups excluding carboxylic acids is 1. The molecule has 0 aliphatic rings. The monoisotopic (exact) mass is 325 g/mol. The van der Waals surface area contributed by atoms with Crippen molar-refractivity contribution >= 4 is 24.3 Å². The van der Waals surface area contributed by atoms with Crippen molar-refractivity contribution in [2.75, 3.05) is 6.61 Å². The molecule has 0 fully saturated rings. The second-order valence-corrected chi connectivity index (χ2v) is 3.90. The van der Waals surface area contributed by atoms with Gasteiger partial charge < -0.3 is 20.7 Å². The van der Waals surface area contributed by atoms with Crippen LogP contribution in [0.3, 0.4) is 0 Å². The number of alkyl halides is 2. The second-order valence-electron chi connectivity index (χ2n) is 3.90. The molecule has 0 aliphatic heterocycles. The Morgan fingerprint density at radius 1 is 1.43 bits per heavy atom. The van der Waals surface area contributed by atoms with E-state index in [1.165, 1.54) is 6.92 Å². The van der Waals surface area contributed by atoms with Crippen molar-refractivity contribution in [1.82, 2.24) is 0 Å². The lowest BCUT2D eigenvalue weighted by Gasteiger charge is -2.22. The van der Waals surface area contributed by atoms with Gasteiger partial charge in [-0.2, -0.15) is 8.78 Å². The summed E-state index contributed by atoms with van der Waals surface area (Å²) in [5, 5.41) is 18.1. The van der Waals surface area contributed by atoms with Crippen molar-refractivity contribution in [3.8, 4) is 5.75 Å². The zero-order valence-corrected chi connectivity index (χ0v) is 11.7. The first-order chi connectivity index (χ1) is 9.21. The fourth-order valence-corrected chi connectivity index (χ4v) is 1.48. The third kappa shape index (κ3) is 4.02. The number of esters is 1. The van der Waals surface area contributed by atoms with Crippen LogP contribution in [0.15, 0.2) is 18.2 Å². The molecule has 0 radical (unpaired) electrons. The van der Waals surface area contributed by atoms with E-state index in [1.54, 1.807) is 0 Å². The van der Waals surface area contributed by atoms with Crippen LogP contribution in [0.5, 0.6) is 5.75 Å². The maximum atomic E-state index is 13.7. The summed E-state index contributed by atoms with van der Waals surface area (Å²) in [6.45, 7) is 1.12. The number of carboxylic acids is 1. The molecule has 9 heteroatoms.